The third-order valence-corrected chi connectivity index (χ3v) is 24.4. The molecular formula is C28H54O3Si3. The molecule has 0 N–H and O–H groups in total. The molecule has 2 aliphatic rings. The van der Waals surface area contributed by atoms with E-state index in [1.807, 2.05) is 0 Å². The maximum absolute atomic E-state index is 13.3. The van der Waals surface area contributed by atoms with Crippen LogP contribution in [0.25, 0.3) is 0 Å². The Morgan fingerprint density at radius 3 is 1.53 bits per heavy atom. The topological polar surface area (TPSA) is 35.5 Å². The van der Waals surface area contributed by atoms with Crippen molar-refractivity contribution in [1.29, 1.82) is 0 Å². The van der Waals surface area contributed by atoms with Crippen molar-refractivity contribution < 1.29 is 13.6 Å². The predicted molar refractivity (Wildman–Crippen MR) is 155 cm³/mol. The Hall–Kier alpha value is -0.279. The van der Waals surface area contributed by atoms with Crippen LogP contribution < -0.4 is 0 Å². The van der Waals surface area contributed by atoms with Crippen LogP contribution in [-0.2, 0) is 13.6 Å². The van der Waals surface area contributed by atoms with Crippen LogP contribution in [0.4, 0.5) is 0 Å². The second-order valence-electron chi connectivity index (χ2n) is 15.6. The number of carbonyl (C=O) groups is 1. The zero-order valence-electron chi connectivity index (χ0n) is 25.1. The lowest BCUT2D eigenvalue weighted by atomic mass is 9.88. The average molecular weight is 523 g/mol. The van der Waals surface area contributed by atoms with Crippen LogP contribution in [0.15, 0.2) is 22.4 Å². The molecule has 0 bridgehead atoms. The molecule has 2 aliphatic carbocycles. The second-order valence-corrected chi connectivity index (χ2v) is 30.5. The van der Waals surface area contributed by atoms with E-state index < -0.39 is 24.7 Å². The van der Waals surface area contributed by atoms with Gasteiger partial charge in [0.15, 0.2) is 22.4 Å². The summed E-state index contributed by atoms with van der Waals surface area (Å²) in [6.45, 7) is 36.2. The van der Waals surface area contributed by atoms with E-state index in [4.69, 9.17) is 8.85 Å². The molecule has 3 nitrogen and oxygen atoms in total. The van der Waals surface area contributed by atoms with Gasteiger partial charge in [0.2, 0.25) is 0 Å². The largest absolute Gasteiger partial charge is 0.416 e. The number of carbonyl (C=O) groups excluding carboxylic acids is 1. The van der Waals surface area contributed by atoms with Crippen LogP contribution >= 0.6 is 0 Å². The van der Waals surface area contributed by atoms with E-state index in [-0.39, 0.29) is 20.5 Å². The quantitative estimate of drug-likeness (QED) is 0.314. The number of allylic oxidation sites excluding steroid dienone is 3. The van der Waals surface area contributed by atoms with E-state index in [1.165, 1.54) is 16.3 Å². The van der Waals surface area contributed by atoms with Crippen molar-refractivity contribution in [3.05, 3.63) is 22.4 Å². The summed E-state index contributed by atoms with van der Waals surface area (Å²) in [5.41, 5.74) is 2.43. The molecule has 0 aromatic carbocycles. The van der Waals surface area contributed by atoms with Crippen LogP contribution in [0.1, 0.15) is 75.2 Å². The molecule has 0 radical (unpaired) electrons. The van der Waals surface area contributed by atoms with Crippen LogP contribution in [0.3, 0.4) is 0 Å². The monoisotopic (exact) mass is 522 g/mol. The fourth-order valence-corrected chi connectivity index (χ4v) is 8.92. The Labute approximate surface area is 214 Å². The lowest BCUT2D eigenvalue weighted by molar-refractivity contribution is -0.114. The molecule has 0 spiro atoms. The molecule has 0 aromatic heterocycles. The van der Waals surface area contributed by atoms with Crippen molar-refractivity contribution in [2.75, 3.05) is 13.2 Å². The summed E-state index contributed by atoms with van der Waals surface area (Å²) < 4.78 is 13.7. The normalized spacial score (nSPS) is 20.2. The van der Waals surface area contributed by atoms with Gasteiger partial charge in [-0.2, -0.15) is 0 Å². The summed E-state index contributed by atoms with van der Waals surface area (Å²) in [5, 5.41) is 1.66. The van der Waals surface area contributed by atoms with Gasteiger partial charge in [-0.1, -0.05) is 81.5 Å². The number of rotatable bonds is 7. The summed E-state index contributed by atoms with van der Waals surface area (Å²) in [4.78, 5) is 13.3. The molecule has 0 aliphatic heterocycles. The number of fused-ring (bicyclic) bond motifs is 1. The molecule has 6 heteroatoms. The molecule has 196 valence electrons. The molecule has 2 rings (SSSR count). The minimum Gasteiger partial charge on any atom is -0.416 e. The number of ketones is 1. The molecule has 0 amide bonds. The molecule has 0 saturated heterocycles. The Morgan fingerprint density at radius 1 is 0.765 bits per heavy atom. The summed E-state index contributed by atoms with van der Waals surface area (Å²) in [7, 11) is -5.76. The molecular weight excluding hydrogens is 469 g/mol. The van der Waals surface area contributed by atoms with Gasteiger partial charge in [0, 0.05) is 25.0 Å². The van der Waals surface area contributed by atoms with Gasteiger partial charge in [-0.25, -0.2) is 0 Å². The fraction of sp³-hybridized carbons (Fsp3) is 0.821. The number of hydrogen-bond donors (Lipinski definition) is 0. The van der Waals surface area contributed by atoms with Crippen LogP contribution in [0.2, 0.25) is 54.4 Å². The van der Waals surface area contributed by atoms with Crippen molar-refractivity contribution in [1.82, 2.24) is 0 Å². The average Bonchev–Trinajstić information content (AvgIpc) is 3.08. The van der Waals surface area contributed by atoms with Crippen molar-refractivity contribution >= 4 is 30.5 Å². The van der Waals surface area contributed by atoms with E-state index in [0.29, 0.717) is 25.4 Å². The molecule has 34 heavy (non-hydrogen) atoms. The SMILES string of the molecule is CC(C)(C)[Si](C)(C)OCC1(CO[Si](C)(C)C(C)(C)C)C=C2CC(=O)C([Si](C)(C)C(C)(C)C)=C2C1. The predicted octanol–water partition coefficient (Wildman–Crippen LogP) is 8.66. The van der Waals surface area contributed by atoms with Gasteiger partial charge in [-0.15, -0.1) is 0 Å². The molecule has 0 atom stereocenters. The Morgan fingerprint density at radius 2 is 1.18 bits per heavy atom. The zero-order valence-corrected chi connectivity index (χ0v) is 28.1. The standard InChI is InChI=1S/C28H54O3Si3/c1-25(2,3)32(10,11)24-22-18-28(17-21(22)16-23(24)29,19-30-33(12,13)26(4,5)6)20-31-34(14,15)27(7,8)9/h17H,16,18-20H2,1-15H3. The van der Waals surface area contributed by atoms with E-state index >= 15 is 0 Å². The van der Waals surface area contributed by atoms with E-state index in [0.717, 1.165) is 6.42 Å². The van der Waals surface area contributed by atoms with Gasteiger partial charge in [0.05, 0.1) is 8.07 Å². The second kappa shape index (κ2) is 8.93. The van der Waals surface area contributed by atoms with E-state index in [1.54, 1.807) is 0 Å². The first-order valence-corrected chi connectivity index (χ1v) is 22.0. The first-order chi connectivity index (χ1) is 14.9. The highest BCUT2D eigenvalue weighted by molar-refractivity contribution is 6.91. The van der Waals surface area contributed by atoms with Gasteiger partial charge in [-0.3, -0.25) is 4.79 Å². The third-order valence-electron chi connectivity index (χ3n) is 9.88. The summed E-state index contributed by atoms with van der Waals surface area (Å²) in [6, 6.07) is 0. The molecule has 0 aromatic rings. The smallest absolute Gasteiger partial charge is 0.192 e. The third kappa shape index (κ3) is 5.66. The zero-order chi connectivity index (χ0) is 26.8. The molecule has 0 heterocycles. The van der Waals surface area contributed by atoms with Gasteiger partial charge < -0.3 is 8.85 Å². The van der Waals surface area contributed by atoms with Crippen molar-refractivity contribution in [3.8, 4) is 0 Å². The lowest BCUT2D eigenvalue weighted by Crippen LogP contribution is -2.47. The maximum Gasteiger partial charge on any atom is 0.192 e. The summed E-state index contributed by atoms with van der Waals surface area (Å²) in [5.74, 6) is 0.372. The van der Waals surface area contributed by atoms with E-state index in [2.05, 4.69) is 108 Å². The fourth-order valence-electron chi connectivity index (χ4n) is 4.22. The van der Waals surface area contributed by atoms with Crippen LogP contribution in [0, 0.1) is 5.41 Å². The Bertz CT molecular complexity index is 842. The first kappa shape index (κ1) is 29.9. The van der Waals surface area contributed by atoms with Gasteiger partial charge in [0.25, 0.3) is 0 Å². The van der Waals surface area contributed by atoms with Crippen LogP contribution in [0.5, 0.6) is 0 Å². The highest BCUT2D eigenvalue weighted by Gasteiger charge is 2.51. The highest BCUT2D eigenvalue weighted by Crippen LogP contribution is 2.53. The van der Waals surface area contributed by atoms with Gasteiger partial charge in [-0.05, 0) is 64.1 Å². The van der Waals surface area contributed by atoms with Gasteiger partial charge in [0.1, 0.15) is 0 Å². The van der Waals surface area contributed by atoms with Crippen molar-refractivity contribution in [2.45, 2.75) is 130 Å². The number of Topliss-reactive ketones (excluding diaryl/α,β-unsaturated/α-hetero) is 1. The van der Waals surface area contributed by atoms with Crippen LogP contribution in [-0.4, -0.2) is 43.7 Å². The highest BCUT2D eigenvalue weighted by atomic mass is 28.4. The van der Waals surface area contributed by atoms with Gasteiger partial charge >= 0.3 is 0 Å². The molecule has 0 unspecified atom stereocenters. The lowest BCUT2D eigenvalue weighted by Gasteiger charge is -2.42. The Balaban J connectivity index is 2.50. The first-order valence-electron chi connectivity index (χ1n) is 13.1. The summed E-state index contributed by atoms with van der Waals surface area (Å²) in [6.07, 6.45) is 3.86. The molecule has 0 fully saturated rings. The van der Waals surface area contributed by atoms with E-state index in [9.17, 15) is 4.79 Å². The minimum atomic E-state index is -1.94. The minimum absolute atomic E-state index is 0.140. The van der Waals surface area contributed by atoms with Crippen molar-refractivity contribution in [3.63, 3.8) is 0 Å². The number of hydrogen-bond acceptors (Lipinski definition) is 3. The summed E-state index contributed by atoms with van der Waals surface area (Å²) >= 11 is 0. The van der Waals surface area contributed by atoms with Crippen molar-refractivity contribution in [2.24, 2.45) is 5.41 Å². The maximum atomic E-state index is 13.3. The Kier molecular flexibility index (Phi) is 7.87. The molecule has 0 saturated carbocycles.